The molecule has 1 aromatic heterocycles. The number of ketones is 1. The van der Waals surface area contributed by atoms with E-state index < -0.39 is 23.5 Å². The van der Waals surface area contributed by atoms with Crippen LogP contribution in [0, 0.1) is 5.41 Å². The maximum atomic E-state index is 13.2. The van der Waals surface area contributed by atoms with Gasteiger partial charge in [-0.25, -0.2) is 4.79 Å². The summed E-state index contributed by atoms with van der Waals surface area (Å²) in [4.78, 5) is 38.8. The minimum Gasteiger partial charge on any atom is -0.478 e. The van der Waals surface area contributed by atoms with Crippen molar-refractivity contribution in [2.75, 3.05) is 27.2 Å². The molecule has 1 saturated heterocycles. The number of carboxylic acid groups (broad SMARTS) is 1. The Balaban J connectivity index is 2.24. The van der Waals surface area contributed by atoms with Crippen LogP contribution in [0.4, 0.5) is 0 Å². The largest absolute Gasteiger partial charge is 0.478 e. The molecule has 0 saturated carbocycles. The highest BCUT2D eigenvalue weighted by atomic mass is 16.5. The van der Waals surface area contributed by atoms with Gasteiger partial charge in [0.25, 0.3) is 0 Å². The quantitative estimate of drug-likeness (QED) is 0.660. The fourth-order valence-corrected chi connectivity index (χ4v) is 3.41. The lowest BCUT2D eigenvalue weighted by Crippen LogP contribution is -2.50. The summed E-state index contributed by atoms with van der Waals surface area (Å²) in [5.41, 5.74) is -0.325. The topological polar surface area (TPSA) is 101 Å². The molecule has 3 unspecified atom stereocenters. The molecule has 2 N–H and O–H groups in total. The molecule has 8 heteroatoms. The molecular formula is C20H31N3O5. The van der Waals surface area contributed by atoms with E-state index in [0.29, 0.717) is 12.8 Å². The predicted molar refractivity (Wildman–Crippen MR) is 104 cm³/mol. The standard InChI is InChI=1S/C20H31N3O5/c1-6-20(2,3)17(23-10-7-13(11-23)19(26)27)18(25)21-16-14(24)12-28-15(16)8-9-22(4)5/h7,10-11,15-17H,6,8-9,12H2,1-5H3,(H,21,25)(H,26,27). The van der Waals surface area contributed by atoms with Crippen molar-refractivity contribution in [1.29, 1.82) is 0 Å². The number of aromatic nitrogens is 1. The fourth-order valence-electron chi connectivity index (χ4n) is 3.41. The number of carbonyl (C=O) groups excluding carboxylic acids is 2. The van der Waals surface area contributed by atoms with Gasteiger partial charge >= 0.3 is 5.97 Å². The third-order valence-electron chi connectivity index (χ3n) is 5.48. The number of aromatic carboxylic acids is 1. The first-order valence-electron chi connectivity index (χ1n) is 9.57. The van der Waals surface area contributed by atoms with Gasteiger partial charge in [0.15, 0.2) is 5.78 Å². The first-order valence-corrected chi connectivity index (χ1v) is 9.57. The number of ether oxygens (including phenoxy) is 1. The molecule has 1 aliphatic heterocycles. The average molecular weight is 393 g/mol. The van der Waals surface area contributed by atoms with Crippen molar-refractivity contribution in [1.82, 2.24) is 14.8 Å². The van der Waals surface area contributed by atoms with Gasteiger partial charge in [-0.15, -0.1) is 0 Å². The monoisotopic (exact) mass is 393 g/mol. The van der Waals surface area contributed by atoms with Crippen LogP contribution in [-0.4, -0.2) is 71.6 Å². The maximum Gasteiger partial charge on any atom is 0.337 e. The molecule has 1 aromatic rings. The molecule has 28 heavy (non-hydrogen) atoms. The van der Waals surface area contributed by atoms with Crippen LogP contribution in [0.15, 0.2) is 18.5 Å². The highest BCUT2D eigenvalue weighted by Gasteiger charge is 2.41. The zero-order valence-corrected chi connectivity index (χ0v) is 17.3. The van der Waals surface area contributed by atoms with E-state index in [4.69, 9.17) is 4.74 Å². The zero-order chi connectivity index (χ0) is 21.1. The number of amides is 1. The number of carbonyl (C=O) groups is 3. The van der Waals surface area contributed by atoms with E-state index in [2.05, 4.69) is 5.32 Å². The van der Waals surface area contributed by atoms with Crippen LogP contribution < -0.4 is 5.32 Å². The van der Waals surface area contributed by atoms with Crippen molar-refractivity contribution >= 4 is 17.7 Å². The summed E-state index contributed by atoms with van der Waals surface area (Å²) < 4.78 is 7.21. The Labute approximate surface area is 165 Å². The number of nitrogens with zero attached hydrogens (tertiary/aromatic N) is 2. The molecule has 0 bridgehead atoms. The minimum absolute atomic E-state index is 0.00242. The molecule has 0 aromatic carbocycles. The van der Waals surface area contributed by atoms with E-state index in [1.807, 2.05) is 39.8 Å². The lowest BCUT2D eigenvalue weighted by Gasteiger charge is -2.34. The molecule has 2 rings (SSSR count). The van der Waals surface area contributed by atoms with Crippen molar-refractivity contribution in [3.8, 4) is 0 Å². The van der Waals surface area contributed by atoms with Gasteiger partial charge in [-0.1, -0.05) is 20.8 Å². The Morgan fingerprint density at radius 1 is 1.43 bits per heavy atom. The highest BCUT2D eigenvalue weighted by Crippen LogP contribution is 2.35. The van der Waals surface area contributed by atoms with Gasteiger partial charge in [0.05, 0.1) is 11.7 Å². The first kappa shape index (κ1) is 22.1. The van der Waals surface area contributed by atoms with Crippen LogP contribution in [0.2, 0.25) is 0 Å². The Kier molecular flexibility index (Phi) is 7.01. The molecule has 3 atom stereocenters. The van der Waals surface area contributed by atoms with Crippen LogP contribution in [-0.2, 0) is 14.3 Å². The molecule has 1 aliphatic rings. The molecule has 0 spiro atoms. The van der Waals surface area contributed by atoms with Crippen molar-refractivity contribution < 1.29 is 24.2 Å². The molecule has 0 radical (unpaired) electrons. The summed E-state index contributed by atoms with van der Waals surface area (Å²) in [6.07, 6.45) is 4.04. The Morgan fingerprint density at radius 2 is 2.11 bits per heavy atom. The highest BCUT2D eigenvalue weighted by molar-refractivity contribution is 5.93. The Morgan fingerprint density at radius 3 is 2.64 bits per heavy atom. The molecule has 1 fully saturated rings. The van der Waals surface area contributed by atoms with Crippen molar-refractivity contribution in [2.24, 2.45) is 5.41 Å². The summed E-state index contributed by atoms with van der Waals surface area (Å²) >= 11 is 0. The second kappa shape index (κ2) is 8.87. The van der Waals surface area contributed by atoms with Gasteiger partial charge < -0.3 is 24.6 Å². The van der Waals surface area contributed by atoms with E-state index in [9.17, 15) is 19.5 Å². The summed E-state index contributed by atoms with van der Waals surface area (Å²) in [6, 6.07) is 0.142. The van der Waals surface area contributed by atoms with Gasteiger partial charge in [-0.2, -0.15) is 0 Å². The third kappa shape index (κ3) is 4.99. The van der Waals surface area contributed by atoms with Crippen LogP contribution in [0.5, 0.6) is 0 Å². The smallest absolute Gasteiger partial charge is 0.337 e. The fraction of sp³-hybridized carbons (Fsp3) is 0.650. The summed E-state index contributed by atoms with van der Waals surface area (Å²) in [6.45, 7) is 6.62. The van der Waals surface area contributed by atoms with Gasteiger partial charge in [0.1, 0.15) is 18.7 Å². The third-order valence-corrected chi connectivity index (χ3v) is 5.48. The van der Waals surface area contributed by atoms with E-state index in [0.717, 1.165) is 6.54 Å². The van der Waals surface area contributed by atoms with Crippen LogP contribution in [0.1, 0.15) is 50.0 Å². The predicted octanol–water partition coefficient (Wildman–Crippen LogP) is 1.57. The molecule has 8 nitrogen and oxygen atoms in total. The van der Waals surface area contributed by atoms with Gasteiger partial charge in [-0.05, 0) is 38.4 Å². The maximum absolute atomic E-state index is 13.2. The van der Waals surface area contributed by atoms with Crippen LogP contribution in [0.3, 0.4) is 0 Å². The second-order valence-corrected chi connectivity index (χ2v) is 8.29. The summed E-state index contributed by atoms with van der Waals surface area (Å²) in [5.74, 6) is -1.49. The van der Waals surface area contributed by atoms with E-state index >= 15 is 0 Å². The van der Waals surface area contributed by atoms with Gasteiger partial charge in [-0.3, -0.25) is 9.59 Å². The Hall–Kier alpha value is -2.19. The SMILES string of the molecule is CCC(C)(C)C(C(=O)NC1C(=O)COC1CCN(C)C)n1ccc(C(=O)O)c1. The molecule has 156 valence electrons. The zero-order valence-electron chi connectivity index (χ0n) is 17.3. The molecule has 0 aliphatic carbocycles. The van der Waals surface area contributed by atoms with Crippen molar-refractivity contribution in [2.45, 2.75) is 51.8 Å². The van der Waals surface area contributed by atoms with Crippen molar-refractivity contribution in [3.05, 3.63) is 24.0 Å². The van der Waals surface area contributed by atoms with Gasteiger partial charge in [0, 0.05) is 18.9 Å². The van der Waals surface area contributed by atoms with E-state index in [1.165, 1.54) is 12.3 Å². The van der Waals surface area contributed by atoms with Gasteiger partial charge in [0.2, 0.25) is 5.91 Å². The summed E-state index contributed by atoms with van der Waals surface area (Å²) in [7, 11) is 3.88. The number of hydrogen-bond acceptors (Lipinski definition) is 5. The number of nitrogens with one attached hydrogen (secondary N) is 1. The van der Waals surface area contributed by atoms with E-state index in [1.54, 1.807) is 10.8 Å². The number of Topliss-reactive ketones (excluding diaryl/α,β-unsaturated/α-hetero) is 1. The van der Waals surface area contributed by atoms with Crippen LogP contribution in [0.25, 0.3) is 0 Å². The minimum atomic E-state index is -1.05. The molecule has 1 amide bonds. The Bertz CT molecular complexity index is 725. The number of carboxylic acids is 1. The first-order chi connectivity index (χ1) is 13.1. The lowest BCUT2D eigenvalue weighted by molar-refractivity contribution is -0.131. The lowest BCUT2D eigenvalue weighted by atomic mass is 9.81. The molecular weight excluding hydrogens is 362 g/mol. The average Bonchev–Trinajstić information content (AvgIpc) is 3.21. The van der Waals surface area contributed by atoms with Crippen LogP contribution >= 0.6 is 0 Å². The van der Waals surface area contributed by atoms with E-state index in [-0.39, 0.29) is 30.0 Å². The molecule has 2 heterocycles. The van der Waals surface area contributed by atoms with Crippen molar-refractivity contribution in [3.63, 3.8) is 0 Å². The second-order valence-electron chi connectivity index (χ2n) is 8.29. The summed E-state index contributed by atoms with van der Waals surface area (Å²) in [5, 5.41) is 12.1. The number of hydrogen-bond donors (Lipinski definition) is 2. The normalized spacial score (nSPS) is 21.1. The number of rotatable bonds is 9.